The SMILES string of the molecule is COc1cc(CN2CC[C@H](O)[C@@](O)(COc3c(C)ccc(C)c3C)C2)ccc1OCCCn1ccnc1. The molecule has 1 aromatic heterocycles. The zero-order valence-electron chi connectivity index (χ0n) is 22.3. The lowest BCUT2D eigenvalue weighted by atomic mass is 9.90. The first-order valence-electron chi connectivity index (χ1n) is 12.9. The van der Waals surface area contributed by atoms with Crippen molar-refractivity contribution in [2.24, 2.45) is 0 Å². The predicted octanol–water partition coefficient (Wildman–Crippen LogP) is 3.66. The van der Waals surface area contributed by atoms with Crippen LogP contribution in [0.5, 0.6) is 17.2 Å². The van der Waals surface area contributed by atoms with Crippen molar-refractivity contribution < 1.29 is 24.4 Å². The molecule has 8 heteroatoms. The van der Waals surface area contributed by atoms with Gasteiger partial charge in [-0.2, -0.15) is 0 Å². The van der Waals surface area contributed by atoms with E-state index in [0.29, 0.717) is 44.2 Å². The third-order valence-corrected chi connectivity index (χ3v) is 7.19. The highest BCUT2D eigenvalue weighted by Gasteiger charge is 2.42. The normalized spacial score (nSPS) is 20.1. The summed E-state index contributed by atoms with van der Waals surface area (Å²) in [7, 11) is 1.64. The van der Waals surface area contributed by atoms with Crippen molar-refractivity contribution in [3.63, 3.8) is 0 Å². The number of benzene rings is 2. The average molecular weight is 510 g/mol. The van der Waals surface area contributed by atoms with Crippen LogP contribution >= 0.6 is 0 Å². The Morgan fingerprint density at radius 2 is 1.89 bits per heavy atom. The Kier molecular flexibility index (Phi) is 8.74. The van der Waals surface area contributed by atoms with Gasteiger partial charge in [0.05, 0.1) is 26.1 Å². The van der Waals surface area contributed by atoms with E-state index in [1.54, 1.807) is 19.6 Å². The average Bonchev–Trinajstić information content (AvgIpc) is 3.41. The number of aliphatic hydroxyl groups excluding tert-OH is 1. The van der Waals surface area contributed by atoms with E-state index in [-0.39, 0.29) is 6.61 Å². The summed E-state index contributed by atoms with van der Waals surface area (Å²) in [5.41, 5.74) is 2.90. The third kappa shape index (κ3) is 6.63. The van der Waals surface area contributed by atoms with E-state index in [2.05, 4.69) is 16.0 Å². The highest BCUT2D eigenvalue weighted by Crippen LogP contribution is 2.31. The quantitative estimate of drug-likeness (QED) is 0.381. The summed E-state index contributed by atoms with van der Waals surface area (Å²) in [6, 6.07) is 10.0. The summed E-state index contributed by atoms with van der Waals surface area (Å²) in [4.78, 5) is 6.20. The van der Waals surface area contributed by atoms with E-state index >= 15 is 0 Å². The monoisotopic (exact) mass is 509 g/mol. The van der Waals surface area contributed by atoms with Crippen LogP contribution in [0, 0.1) is 20.8 Å². The number of nitrogens with zero attached hydrogens (tertiary/aromatic N) is 3. The smallest absolute Gasteiger partial charge is 0.161 e. The van der Waals surface area contributed by atoms with E-state index in [1.807, 2.05) is 55.8 Å². The van der Waals surface area contributed by atoms with Crippen LogP contribution < -0.4 is 14.2 Å². The number of ether oxygens (including phenoxy) is 3. The summed E-state index contributed by atoms with van der Waals surface area (Å²) < 4.78 is 19.7. The highest BCUT2D eigenvalue weighted by atomic mass is 16.5. The van der Waals surface area contributed by atoms with Gasteiger partial charge in [0.25, 0.3) is 0 Å². The summed E-state index contributed by atoms with van der Waals surface area (Å²) in [5.74, 6) is 2.17. The molecule has 0 unspecified atom stereocenters. The van der Waals surface area contributed by atoms with Gasteiger partial charge in [-0.05, 0) is 68.0 Å². The molecule has 2 heterocycles. The molecule has 0 radical (unpaired) electrons. The minimum atomic E-state index is -1.36. The van der Waals surface area contributed by atoms with Gasteiger partial charge in [0.15, 0.2) is 11.5 Å². The van der Waals surface area contributed by atoms with Gasteiger partial charge in [-0.15, -0.1) is 0 Å². The summed E-state index contributed by atoms with van der Waals surface area (Å²) in [6.45, 7) is 9.12. The molecule has 0 saturated carbocycles. The number of aryl methyl sites for hydroxylation is 3. The first-order chi connectivity index (χ1) is 17.8. The number of rotatable bonds is 11. The maximum atomic E-state index is 11.4. The zero-order valence-corrected chi connectivity index (χ0v) is 22.3. The van der Waals surface area contributed by atoms with Crippen LogP contribution in [0.15, 0.2) is 49.1 Å². The molecule has 1 aliphatic rings. The van der Waals surface area contributed by atoms with Crippen LogP contribution in [0.2, 0.25) is 0 Å². The molecule has 37 heavy (non-hydrogen) atoms. The number of aromatic nitrogens is 2. The van der Waals surface area contributed by atoms with Crippen molar-refractivity contribution in [2.45, 2.75) is 58.4 Å². The summed E-state index contributed by atoms with van der Waals surface area (Å²) >= 11 is 0. The van der Waals surface area contributed by atoms with Crippen molar-refractivity contribution in [1.29, 1.82) is 0 Å². The minimum absolute atomic E-state index is 0.0327. The summed E-state index contributed by atoms with van der Waals surface area (Å²) in [6.07, 6.45) is 5.99. The van der Waals surface area contributed by atoms with Crippen LogP contribution in [0.25, 0.3) is 0 Å². The lowest BCUT2D eigenvalue weighted by Crippen LogP contribution is -2.59. The van der Waals surface area contributed by atoms with Crippen LogP contribution in [-0.2, 0) is 13.1 Å². The van der Waals surface area contributed by atoms with Crippen LogP contribution in [0.3, 0.4) is 0 Å². The van der Waals surface area contributed by atoms with Crippen molar-refractivity contribution in [2.75, 3.05) is 33.4 Å². The van der Waals surface area contributed by atoms with Gasteiger partial charge in [-0.3, -0.25) is 4.90 Å². The molecule has 4 rings (SSSR count). The molecule has 1 aliphatic heterocycles. The van der Waals surface area contributed by atoms with Gasteiger partial charge < -0.3 is 29.0 Å². The molecule has 0 spiro atoms. The molecule has 0 aliphatic carbocycles. The van der Waals surface area contributed by atoms with E-state index < -0.39 is 11.7 Å². The van der Waals surface area contributed by atoms with Crippen LogP contribution in [-0.4, -0.2) is 69.8 Å². The second kappa shape index (κ2) is 12.0. The van der Waals surface area contributed by atoms with Gasteiger partial charge in [-0.25, -0.2) is 4.98 Å². The van der Waals surface area contributed by atoms with E-state index in [1.165, 1.54) is 0 Å². The minimum Gasteiger partial charge on any atom is -0.493 e. The molecular formula is C29H39N3O5. The molecule has 1 fully saturated rings. The second-order valence-electron chi connectivity index (χ2n) is 10.0. The van der Waals surface area contributed by atoms with E-state index in [9.17, 15) is 10.2 Å². The van der Waals surface area contributed by atoms with Crippen LogP contribution in [0.4, 0.5) is 0 Å². The Bertz CT molecular complexity index is 1170. The molecule has 0 amide bonds. The number of aliphatic hydroxyl groups is 2. The first-order valence-corrected chi connectivity index (χ1v) is 12.9. The van der Waals surface area contributed by atoms with E-state index in [4.69, 9.17) is 14.2 Å². The topological polar surface area (TPSA) is 89.2 Å². The molecule has 8 nitrogen and oxygen atoms in total. The fraction of sp³-hybridized carbons (Fsp3) is 0.483. The van der Waals surface area contributed by atoms with Gasteiger partial charge >= 0.3 is 0 Å². The Morgan fingerprint density at radius 3 is 2.65 bits per heavy atom. The van der Waals surface area contributed by atoms with Crippen LogP contribution in [0.1, 0.15) is 35.1 Å². The Morgan fingerprint density at radius 1 is 1.08 bits per heavy atom. The van der Waals surface area contributed by atoms with Crippen molar-refractivity contribution in [3.05, 3.63) is 71.3 Å². The lowest BCUT2D eigenvalue weighted by Gasteiger charge is -2.42. The number of imidazole rings is 1. The summed E-state index contributed by atoms with van der Waals surface area (Å²) in [5, 5.41) is 22.0. The third-order valence-electron chi connectivity index (χ3n) is 7.19. The molecule has 2 aromatic carbocycles. The molecule has 200 valence electrons. The van der Waals surface area contributed by atoms with Gasteiger partial charge in [0.1, 0.15) is 18.0 Å². The van der Waals surface area contributed by atoms with Crippen molar-refractivity contribution >= 4 is 0 Å². The van der Waals surface area contributed by atoms with E-state index in [0.717, 1.165) is 41.0 Å². The Labute approximate surface area is 219 Å². The number of hydrogen-bond acceptors (Lipinski definition) is 7. The maximum Gasteiger partial charge on any atom is 0.161 e. The van der Waals surface area contributed by atoms with Crippen molar-refractivity contribution in [3.8, 4) is 17.2 Å². The van der Waals surface area contributed by atoms with Gasteiger partial charge in [0, 0.05) is 38.6 Å². The molecule has 0 bridgehead atoms. The standard InChI is InChI=1S/C29H39N3O5/c1-21-6-7-22(2)28(23(21)3)37-19-29(34)18-32(13-10-27(29)33)17-24-8-9-25(26(16-24)35-4)36-15-5-12-31-14-11-30-20-31/h6-9,11,14,16,20,27,33-34H,5,10,12-13,15,17-19H2,1-4H3/t27-,29-/m0/s1. The Hall–Kier alpha value is -3.07. The predicted molar refractivity (Wildman–Crippen MR) is 142 cm³/mol. The zero-order chi connectivity index (χ0) is 26.4. The van der Waals surface area contributed by atoms with Gasteiger partial charge in [0.2, 0.25) is 0 Å². The fourth-order valence-electron chi connectivity index (χ4n) is 4.80. The number of likely N-dealkylation sites (tertiary alicyclic amines) is 1. The van der Waals surface area contributed by atoms with Crippen molar-refractivity contribution in [1.82, 2.24) is 14.5 Å². The van der Waals surface area contributed by atoms with Gasteiger partial charge in [-0.1, -0.05) is 18.2 Å². The second-order valence-corrected chi connectivity index (χ2v) is 10.0. The molecule has 2 N–H and O–H groups in total. The molecule has 2 atom stereocenters. The number of hydrogen-bond donors (Lipinski definition) is 2. The maximum absolute atomic E-state index is 11.4. The lowest BCUT2D eigenvalue weighted by molar-refractivity contribution is -0.140. The Balaban J connectivity index is 1.35. The molecular weight excluding hydrogens is 470 g/mol. The number of piperidine rings is 1. The first kappa shape index (κ1) is 27.0. The fourth-order valence-corrected chi connectivity index (χ4v) is 4.80. The molecule has 3 aromatic rings. The number of methoxy groups -OCH3 is 1. The number of β-amino-alcohol motifs (C(OH)–C–C–N with tert-alkyl or cyclic N) is 1. The molecule has 1 saturated heterocycles. The largest absolute Gasteiger partial charge is 0.493 e. The highest BCUT2D eigenvalue weighted by molar-refractivity contribution is 5.45.